The molecule has 2 nitrogen and oxygen atoms in total. The van der Waals surface area contributed by atoms with Gasteiger partial charge in [0.15, 0.2) is 0 Å². The van der Waals surface area contributed by atoms with E-state index in [-0.39, 0.29) is 0 Å². The summed E-state index contributed by atoms with van der Waals surface area (Å²) in [7, 11) is -4.25. The van der Waals surface area contributed by atoms with Gasteiger partial charge in [0.2, 0.25) is 0 Å². The van der Waals surface area contributed by atoms with Crippen LogP contribution < -0.4 is 5.73 Å². The molecule has 0 rings (SSSR count). The molecule has 112 valence electrons. The van der Waals surface area contributed by atoms with Crippen LogP contribution in [0.3, 0.4) is 0 Å². The molecule has 18 heavy (non-hydrogen) atoms. The number of nitrogens with two attached hydrogens (primary N) is 1. The zero-order valence-electron chi connectivity index (χ0n) is 10.4. The van der Waals surface area contributed by atoms with Crippen LogP contribution in [-0.2, 0) is 10.7 Å². The van der Waals surface area contributed by atoms with E-state index < -0.39 is 21.7 Å². The number of hydrogen-bond donors (Lipinski definition) is 2. The first-order valence-corrected chi connectivity index (χ1v) is 6.23. The van der Waals surface area contributed by atoms with Crippen molar-refractivity contribution < 1.29 is 26.3 Å². The van der Waals surface area contributed by atoms with E-state index in [0.29, 0.717) is 5.41 Å². The third kappa shape index (κ3) is 12.2. The lowest BCUT2D eigenvalue weighted by atomic mass is 9.91. The second-order valence-corrected chi connectivity index (χ2v) is 6.19. The second kappa shape index (κ2) is 7.32. The quantitative estimate of drug-likeness (QED) is 0.739. The summed E-state index contributed by atoms with van der Waals surface area (Å²) in [6.45, 7) is 7.55. The summed E-state index contributed by atoms with van der Waals surface area (Å²) < 4.78 is 72.0. The largest absolute Gasteiger partial charge is 0.460 e. The lowest BCUT2D eigenvalue weighted by molar-refractivity contribution is -0.0754. The maximum atomic E-state index is 11.0. The Bertz CT molecular complexity index is 237. The third-order valence-corrected chi connectivity index (χ3v) is 2.52. The summed E-state index contributed by atoms with van der Waals surface area (Å²) in [5.41, 5.74) is -5.17. The van der Waals surface area contributed by atoms with Gasteiger partial charge in [0.1, 0.15) is 10.7 Å². The summed E-state index contributed by atoms with van der Waals surface area (Å²) in [5, 5.41) is 0. The van der Waals surface area contributed by atoms with E-state index in [0.717, 1.165) is 13.0 Å². The zero-order chi connectivity index (χ0) is 15.2. The van der Waals surface area contributed by atoms with Crippen LogP contribution in [-0.4, -0.2) is 17.6 Å². The molecule has 0 aliphatic heterocycles. The van der Waals surface area contributed by atoms with Gasteiger partial charge < -0.3 is 5.73 Å². The van der Waals surface area contributed by atoms with Crippen LogP contribution in [0.4, 0.5) is 26.3 Å². The van der Waals surface area contributed by atoms with Crippen LogP contribution in [0.5, 0.6) is 0 Å². The predicted molar refractivity (Wildman–Crippen MR) is 59.9 cm³/mol. The molecular formula is C9H18F6N2S. The SMILES string of the molecule is CC(C)(C)CCCN.N=S(C(F)(F)F)C(F)(F)F. The Morgan fingerprint density at radius 1 is 0.944 bits per heavy atom. The van der Waals surface area contributed by atoms with Gasteiger partial charge in [-0.05, 0) is 24.8 Å². The molecular weight excluding hydrogens is 282 g/mol. The first-order chi connectivity index (χ1) is 7.72. The lowest BCUT2D eigenvalue weighted by Gasteiger charge is -2.16. The monoisotopic (exact) mass is 300 g/mol. The van der Waals surface area contributed by atoms with Gasteiger partial charge in [0, 0.05) is 0 Å². The van der Waals surface area contributed by atoms with Gasteiger partial charge in [-0.2, -0.15) is 26.3 Å². The fourth-order valence-corrected chi connectivity index (χ4v) is 1.03. The summed E-state index contributed by atoms with van der Waals surface area (Å²) >= 11 is 0. The number of alkyl halides is 6. The first kappa shape index (κ1) is 20.0. The highest BCUT2D eigenvalue weighted by Gasteiger charge is 2.50. The Labute approximate surface area is 105 Å². The van der Waals surface area contributed by atoms with E-state index in [2.05, 4.69) is 20.8 Å². The van der Waals surface area contributed by atoms with Gasteiger partial charge in [-0.25, -0.2) is 0 Å². The highest BCUT2D eigenvalue weighted by molar-refractivity contribution is 7.87. The molecule has 0 aliphatic rings. The van der Waals surface area contributed by atoms with E-state index in [1.807, 2.05) is 0 Å². The van der Waals surface area contributed by atoms with Crippen LogP contribution in [0, 0.1) is 10.2 Å². The average molecular weight is 300 g/mol. The molecule has 0 spiro atoms. The Morgan fingerprint density at radius 2 is 1.28 bits per heavy atom. The molecule has 0 heterocycles. The molecule has 0 aromatic heterocycles. The van der Waals surface area contributed by atoms with Crippen molar-refractivity contribution in [1.29, 1.82) is 4.78 Å². The normalized spacial score (nSPS) is 13.3. The van der Waals surface area contributed by atoms with Crippen molar-refractivity contribution in [2.24, 2.45) is 11.1 Å². The number of halogens is 6. The van der Waals surface area contributed by atoms with Gasteiger partial charge in [-0.3, -0.25) is 4.78 Å². The minimum absolute atomic E-state index is 0.472. The summed E-state index contributed by atoms with van der Waals surface area (Å²) in [5.74, 6) is 0. The first-order valence-electron chi connectivity index (χ1n) is 5.01. The van der Waals surface area contributed by atoms with Crippen molar-refractivity contribution in [3.63, 3.8) is 0 Å². The van der Waals surface area contributed by atoms with Crippen molar-refractivity contribution in [2.75, 3.05) is 6.54 Å². The molecule has 0 saturated heterocycles. The highest BCUT2D eigenvalue weighted by atomic mass is 32.2. The van der Waals surface area contributed by atoms with Crippen molar-refractivity contribution in [3.8, 4) is 0 Å². The molecule has 0 aromatic rings. The van der Waals surface area contributed by atoms with E-state index in [1.54, 1.807) is 0 Å². The number of hydrogen-bond acceptors (Lipinski definition) is 2. The Balaban J connectivity index is 0. The third-order valence-electron chi connectivity index (χ3n) is 1.59. The smallest absolute Gasteiger partial charge is 0.330 e. The van der Waals surface area contributed by atoms with Crippen molar-refractivity contribution >= 4 is 10.7 Å². The molecule has 0 bridgehead atoms. The molecule has 9 heteroatoms. The molecule has 0 saturated carbocycles. The van der Waals surface area contributed by atoms with E-state index in [9.17, 15) is 26.3 Å². The van der Waals surface area contributed by atoms with Crippen molar-refractivity contribution in [1.82, 2.24) is 0 Å². The van der Waals surface area contributed by atoms with Crippen molar-refractivity contribution in [3.05, 3.63) is 0 Å². The van der Waals surface area contributed by atoms with Crippen molar-refractivity contribution in [2.45, 2.75) is 44.6 Å². The minimum Gasteiger partial charge on any atom is -0.330 e. The van der Waals surface area contributed by atoms with Gasteiger partial charge in [0.05, 0.1) is 0 Å². The average Bonchev–Trinajstić information content (AvgIpc) is 2.10. The van der Waals surface area contributed by atoms with Gasteiger partial charge in [0.25, 0.3) is 0 Å². The minimum atomic E-state index is -5.49. The van der Waals surface area contributed by atoms with Crippen LogP contribution in [0.1, 0.15) is 33.6 Å². The van der Waals surface area contributed by atoms with Crippen LogP contribution in [0.2, 0.25) is 0 Å². The van der Waals surface area contributed by atoms with E-state index >= 15 is 0 Å². The molecule has 0 aliphatic carbocycles. The molecule has 0 atom stereocenters. The standard InChI is InChI=1S/C7H17N.C2HF6NS/c1-7(2,3)5-4-6-8;3-1(4,5)10(9)2(6,7)8/h4-6,8H2,1-3H3;9H. The van der Waals surface area contributed by atoms with Crippen LogP contribution in [0.15, 0.2) is 0 Å². The molecule has 0 unspecified atom stereocenters. The Hall–Kier alpha value is -0.310. The van der Waals surface area contributed by atoms with E-state index in [1.165, 1.54) is 6.42 Å². The summed E-state index contributed by atoms with van der Waals surface area (Å²) in [6, 6.07) is 0. The zero-order valence-corrected chi connectivity index (χ0v) is 11.2. The summed E-state index contributed by atoms with van der Waals surface area (Å²) in [4.78, 5) is 0. The Kier molecular flexibility index (Phi) is 8.14. The topological polar surface area (TPSA) is 49.9 Å². The number of nitrogens with one attached hydrogen (secondary N) is 1. The fourth-order valence-electron chi connectivity index (χ4n) is 0.764. The lowest BCUT2D eigenvalue weighted by Crippen LogP contribution is -2.28. The molecule has 0 radical (unpaired) electrons. The molecule has 0 amide bonds. The second-order valence-electron chi connectivity index (χ2n) is 4.65. The highest BCUT2D eigenvalue weighted by Crippen LogP contribution is 2.33. The molecule has 0 fully saturated rings. The fraction of sp³-hybridized carbons (Fsp3) is 1.00. The Morgan fingerprint density at radius 3 is 1.33 bits per heavy atom. The van der Waals surface area contributed by atoms with Crippen LogP contribution in [0.25, 0.3) is 0 Å². The van der Waals surface area contributed by atoms with E-state index in [4.69, 9.17) is 10.5 Å². The van der Waals surface area contributed by atoms with Gasteiger partial charge in [-0.1, -0.05) is 20.8 Å². The molecule has 3 N–H and O–H groups in total. The maximum absolute atomic E-state index is 11.0. The van der Waals surface area contributed by atoms with Gasteiger partial charge in [-0.15, -0.1) is 0 Å². The summed E-state index contributed by atoms with van der Waals surface area (Å²) in [6.07, 6.45) is 2.40. The predicted octanol–water partition coefficient (Wildman–Crippen LogP) is 4.18. The van der Waals surface area contributed by atoms with Crippen LogP contribution >= 0.6 is 0 Å². The molecule has 0 aromatic carbocycles. The number of rotatable bonds is 2. The van der Waals surface area contributed by atoms with Gasteiger partial charge >= 0.3 is 11.0 Å². The maximum Gasteiger partial charge on any atom is 0.460 e.